The molecule has 13 heteroatoms. The largest absolute Gasteiger partial charge is 0.573 e. The number of alkyl halides is 7. The predicted octanol–water partition coefficient (Wildman–Crippen LogP) is 4.34. The van der Waals surface area contributed by atoms with Gasteiger partial charge in [-0.1, -0.05) is 12.1 Å². The Hall–Kier alpha value is -3.51. The minimum atomic E-state index is -4.87. The quantitative estimate of drug-likeness (QED) is 0.441. The van der Waals surface area contributed by atoms with Gasteiger partial charge < -0.3 is 20.1 Å². The van der Waals surface area contributed by atoms with Gasteiger partial charge in [0.25, 0.3) is 5.91 Å². The molecule has 6 nitrogen and oxygen atoms in total. The molecular weight excluding hydrogens is 489 g/mol. The third kappa shape index (κ3) is 10.5. The van der Waals surface area contributed by atoms with Crippen LogP contribution in [0.2, 0.25) is 0 Å². The first kappa shape index (κ1) is 27.7. The highest BCUT2D eigenvalue weighted by molar-refractivity contribution is 5.97. The zero-order valence-electron chi connectivity index (χ0n) is 18.0. The number of nitrogens with one attached hydrogen (secondary N) is 2. The first-order chi connectivity index (χ1) is 16.4. The average Bonchev–Trinajstić information content (AvgIpc) is 2.76. The number of halogens is 7. The van der Waals surface area contributed by atoms with Crippen molar-refractivity contribution in [2.45, 2.75) is 31.4 Å². The van der Waals surface area contributed by atoms with Crippen LogP contribution in [-0.4, -0.2) is 50.2 Å². The Morgan fingerprint density at radius 1 is 0.886 bits per heavy atom. The van der Waals surface area contributed by atoms with E-state index < -0.39 is 55.8 Å². The number of benzene rings is 2. The monoisotopic (exact) mass is 510 g/mol. The van der Waals surface area contributed by atoms with E-state index in [9.17, 15) is 40.3 Å². The van der Waals surface area contributed by atoms with Gasteiger partial charge in [-0.15, -0.1) is 13.2 Å². The Morgan fingerprint density at radius 2 is 1.49 bits per heavy atom. The summed E-state index contributed by atoms with van der Waals surface area (Å²) in [6.07, 6.45) is -10.5. The maximum atomic E-state index is 12.6. The number of hydrogen-bond acceptors (Lipinski definition) is 4. The number of amides is 2. The zero-order chi connectivity index (χ0) is 26.1. The van der Waals surface area contributed by atoms with Gasteiger partial charge in [-0.05, 0) is 42.0 Å². The Kier molecular flexibility index (Phi) is 9.72. The first-order valence-corrected chi connectivity index (χ1v) is 10.1. The van der Waals surface area contributed by atoms with Gasteiger partial charge in [-0.2, -0.15) is 13.2 Å². The predicted molar refractivity (Wildman–Crippen MR) is 110 cm³/mol. The zero-order valence-corrected chi connectivity index (χ0v) is 18.0. The molecule has 2 amide bonds. The van der Waals surface area contributed by atoms with Gasteiger partial charge in [0.05, 0.1) is 13.0 Å². The summed E-state index contributed by atoms with van der Waals surface area (Å²) in [5.74, 6) is -1.81. The van der Waals surface area contributed by atoms with Crippen molar-refractivity contribution >= 4 is 11.8 Å². The van der Waals surface area contributed by atoms with Crippen LogP contribution >= 0.6 is 0 Å². The number of ether oxygens (including phenoxy) is 2. The highest BCUT2D eigenvalue weighted by atomic mass is 19.4. The van der Waals surface area contributed by atoms with Gasteiger partial charge in [0.15, 0.2) is 0 Å². The van der Waals surface area contributed by atoms with Crippen LogP contribution in [0.5, 0.6) is 11.5 Å². The van der Waals surface area contributed by atoms with Gasteiger partial charge >= 0.3 is 12.5 Å². The van der Waals surface area contributed by atoms with Crippen LogP contribution in [0.4, 0.5) is 30.7 Å². The second kappa shape index (κ2) is 12.3. The molecule has 0 heterocycles. The van der Waals surface area contributed by atoms with Gasteiger partial charge in [-0.25, -0.2) is 4.39 Å². The van der Waals surface area contributed by atoms with Crippen molar-refractivity contribution in [3.63, 3.8) is 0 Å². The normalized spacial score (nSPS) is 12.5. The van der Waals surface area contributed by atoms with Gasteiger partial charge in [0, 0.05) is 18.5 Å². The number of carbonyl (C=O) groups excluding carboxylic acids is 2. The van der Waals surface area contributed by atoms with Crippen molar-refractivity contribution in [1.82, 2.24) is 10.6 Å². The van der Waals surface area contributed by atoms with Crippen LogP contribution < -0.4 is 20.1 Å². The average molecular weight is 510 g/mol. The molecule has 0 radical (unpaired) electrons. The number of hydrogen-bond donors (Lipinski definition) is 2. The smallest absolute Gasteiger partial charge is 0.493 e. The first-order valence-electron chi connectivity index (χ1n) is 10.1. The maximum Gasteiger partial charge on any atom is 0.573 e. The summed E-state index contributed by atoms with van der Waals surface area (Å²) in [5.41, 5.74) is 0.444. The molecule has 0 spiro atoms. The van der Waals surface area contributed by atoms with E-state index in [0.29, 0.717) is 5.56 Å². The molecule has 0 aliphatic carbocycles. The third-order valence-electron chi connectivity index (χ3n) is 4.38. The minimum Gasteiger partial charge on any atom is -0.493 e. The van der Waals surface area contributed by atoms with E-state index in [1.54, 1.807) is 0 Å². The molecule has 1 unspecified atom stereocenters. The van der Waals surface area contributed by atoms with Crippen molar-refractivity contribution < 1.29 is 49.8 Å². The lowest BCUT2D eigenvalue weighted by Crippen LogP contribution is -2.48. The SMILES string of the molecule is O=C(NC(Cc1ccc(OC(F)(F)F)cc1)C(=O)NCCF)c1ccc(OCCC(F)(F)F)cc1. The van der Waals surface area contributed by atoms with Crippen molar-refractivity contribution in [3.8, 4) is 11.5 Å². The molecule has 2 rings (SSSR count). The summed E-state index contributed by atoms with van der Waals surface area (Å²) in [4.78, 5) is 25.0. The molecule has 0 aliphatic rings. The molecule has 0 aromatic heterocycles. The van der Waals surface area contributed by atoms with Gasteiger partial charge in [0.2, 0.25) is 5.91 Å². The van der Waals surface area contributed by atoms with Crippen LogP contribution in [0.3, 0.4) is 0 Å². The lowest BCUT2D eigenvalue weighted by Gasteiger charge is -2.19. The van der Waals surface area contributed by atoms with Crippen molar-refractivity contribution in [1.29, 1.82) is 0 Å². The number of carbonyl (C=O) groups is 2. The van der Waals surface area contributed by atoms with E-state index in [-0.39, 0.29) is 24.3 Å². The molecule has 35 heavy (non-hydrogen) atoms. The molecule has 0 saturated carbocycles. The molecule has 0 aliphatic heterocycles. The van der Waals surface area contributed by atoms with Crippen molar-refractivity contribution in [2.75, 3.05) is 19.8 Å². The van der Waals surface area contributed by atoms with E-state index in [1.807, 2.05) is 0 Å². The second-order valence-corrected chi connectivity index (χ2v) is 7.14. The molecule has 2 aromatic rings. The molecule has 0 saturated heterocycles. The molecular formula is C22H21F7N2O4. The summed E-state index contributed by atoms with van der Waals surface area (Å²) in [5, 5.41) is 4.73. The number of rotatable bonds is 11. The van der Waals surface area contributed by atoms with Gasteiger partial charge in [-0.3, -0.25) is 9.59 Å². The van der Waals surface area contributed by atoms with Crippen molar-refractivity contribution in [3.05, 3.63) is 59.7 Å². The summed E-state index contributed by atoms with van der Waals surface area (Å²) < 4.78 is 94.7. The fourth-order valence-electron chi connectivity index (χ4n) is 2.79. The van der Waals surface area contributed by atoms with E-state index in [2.05, 4.69) is 15.4 Å². The Balaban J connectivity index is 2.05. The van der Waals surface area contributed by atoms with Crippen LogP contribution in [0.25, 0.3) is 0 Å². The van der Waals surface area contributed by atoms with Crippen LogP contribution in [0.1, 0.15) is 22.3 Å². The van der Waals surface area contributed by atoms with Crippen molar-refractivity contribution in [2.24, 2.45) is 0 Å². The maximum absolute atomic E-state index is 12.6. The van der Waals surface area contributed by atoms with E-state index in [4.69, 9.17) is 4.74 Å². The highest BCUT2D eigenvalue weighted by Crippen LogP contribution is 2.23. The van der Waals surface area contributed by atoms with E-state index in [1.165, 1.54) is 36.4 Å². The Bertz CT molecular complexity index is 962. The van der Waals surface area contributed by atoms with Gasteiger partial charge in [0.1, 0.15) is 24.2 Å². The molecule has 2 N–H and O–H groups in total. The molecule has 2 aromatic carbocycles. The van der Waals surface area contributed by atoms with Crippen LogP contribution in [-0.2, 0) is 11.2 Å². The fourth-order valence-corrected chi connectivity index (χ4v) is 2.79. The molecule has 1 atom stereocenters. The third-order valence-corrected chi connectivity index (χ3v) is 4.38. The summed E-state index contributed by atoms with van der Waals surface area (Å²) in [7, 11) is 0. The summed E-state index contributed by atoms with van der Waals surface area (Å²) >= 11 is 0. The molecule has 0 fully saturated rings. The Labute approximate surface area is 195 Å². The molecule has 0 bridgehead atoms. The molecule has 192 valence electrons. The Morgan fingerprint density at radius 3 is 2.03 bits per heavy atom. The minimum absolute atomic E-state index is 0.0605. The van der Waals surface area contributed by atoms with E-state index >= 15 is 0 Å². The van der Waals surface area contributed by atoms with Crippen LogP contribution in [0.15, 0.2) is 48.5 Å². The van der Waals surface area contributed by atoms with Crippen LogP contribution in [0, 0.1) is 0 Å². The second-order valence-electron chi connectivity index (χ2n) is 7.14. The summed E-state index contributed by atoms with van der Waals surface area (Å²) in [6, 6.07) is 8.54. The lowest BCUT2D eigenvalue weighted by molar-refractivity contribution is -0.274. The summed E-state index contributed by atoms with van der Waals surface area (Å²) in [6.45, 7) is -1.77. The standard InChI is InChI=1S/C22H21F7N2O4/c23-10-11-30-20(33)18(13-14-1-5-17(6-2-14)35-22(27,28)29)31-19(32)15-3-7-16(8-4-15)34-12-9-21(24,25)26/h1-8,18H,9-13H2,(H,30,33)(H,31,32). The van der Waals surface area contributed by atoms with E-state index in [0.717, 1.165) is 12.1 Å². The highest BCUT2D eigenvalue weighted by Gasteiger charge is 2.31. The lowest BCUT2D eigenvalue weighted by atomic mass is 10.0. The topological polar surface area (TPSA) is 76.7 Å². The fraction of sp³-hybridized carbons (Fsp3) is 0.364.